The molecule has 2 aromatic heterocycles. The third-order valence-electron chi connectivity index (χ3n) is 1.95. The predicted octanol–water partition coefficient (Wildman–Crippen LogP) is 1.72. The summed E-state index contributed by atoms with van der Waals surface area (Å²) in [5, 5.41) is 4.64. The number of nitrogens with zero attached hydrogens (tertiary/aromatic N) is 3. The Labute approximate surface area is 86.3 Å². The normalized spacial score (nSPS) is 10.4. The second-order valence-corrected chi connectivity index (χ2v) is 3.28. The van der Waals surface area contributed by atoms with Crippen molar-refractivity contribution in [2.24, 2.45) is 7.05 Å². The number of aryl methyl sites for hydroxylation is 1. The fourth-order valence-electron chi connectivity index (χ4n) is 1.19. The zero-order valence-corrected chi connectivity index (χ0v) is 8.36. The lowest BCUT2D eigenvalue weighted by atomic mass is 10.2. The molecule has 0 fully saturated rings. The topological polar surface area (TPSA) is 56.7 Å². The van der Waals surface area contributed by atoms with Crippen LogP contribution in [-0.4, -0.2) is 14.8 Å². The number of halogens is 1. The highest BCUT2D eigenvalue weighted by atomic mass is 35.5. The molecule has 72 valence electrons. The fourth-order valence-corrected chi connectivity index (χ4v) is 1.41. The molecule has 0 unspecified atom stereocenters. The summed E-state index contributed by atoms with van der Waals surface area (Å²) in [5.41, 5.74) is 7.20. The predicted molar refractivity (Wildman–Crippen MR) is 55.9 cm³/mol. The summed E-state index contributed by atoms with van der Waals surface area (Å²) in [4.78, 5) is 3.97. The van der Waals surface area contributed by atoms with Crippen LogP contribution in [-0.2, 0) is 7.05 Å². The van der Waals surface area contributed by atoms with Crippen LogP contribution >= 0.6 is 11.6 Å². The van der Waals surface area contributed by atoms with E-state index in [1.54, 1.807) is 24.0 Å². The maximum absolute atomic E-state index is 5.92. The zero-order chi connectivity index (χ0) is 10.1. The second-order valence-electron chi connectivity index (χ2n) is 2.92. The molecule has 2 aromatic rings. The molecule has 0 radical (unpaired) electrons. The Hall–Kier alpha value is -1.55. The number of nitrogen functional groups attached to an aromatic ring is 1. The molecule has 2 heterocycles. The molecule has 0 aliphatic rings. The van der Waals surface area contributed by atoms with Crippen molar-refractivity contribution < 1.29 is 0 Å². The summed E-state index contributed by atoms with van der Waals surface area (Å²) in [7, 11) is 1.78. The van der Waals surface area contributed by atoms with E-state index >= 15 is 0 Å². The minimum atomic E-state index is 0.436. The van der Waals surface area contributed by atoms with Gasteiger partial charge in [-0.1, -0.05) is 11.6 Å². The summed E-state index contributed by atoms with van der Waals surface area (Å²) in [6.07, 6.45) is 1.64. The maximum Gasteiger partial charge on any atom is 0.138 e. The average Bonchev–Trinajstić information content (AvgIpc) is 2.48. The van der Waals surface area contributed by atoms with E-state index in [0.29, 0.717) is 11.0 Å². The molecule has 2 N–H and O–H groups in total. The Balaban J connectivity index is 2.55. The Morgan fingerprint density at radius 2 is 2.29 bits per heavy atom. The minimum absolute atomic E-state index is 0.436. The monoisotopic (exact) mass is 208 g/mol. The van der Waals surface area contributed by atoms with E-state index in [2.05, 4.69) is 10.1 Å². The fraction of sp³-hybridized carbons (Fsp3) is 0.111. The molecular weight excluding hydrogens is 200 g/mol. The van der Waals surface area contributed by atoms with Gasteiger partial charge in [0.25, 0.3) is 0 Å². The van der Waals surface area contributed by atoms with Crippen LogP contribution in [0.5, 0.6) is 0 Å². The van der Waals surface area contributed by atoms with Gasteiger partial charge in [0.2, 0.25) is 0 Å². The molecule has 4 nitrogen and oxygen atoms in total. The van der Waals surface area contributed by atoms with E-state index in [9.17, 15) is 0 Å². The van der Waals surface area contributed by atoms with Crippen LogP contribution in [0, 0.1) is 0 Å². The van der Waals surface area contributed by atoms with E-state index in [1.165, 1.54) is 0 Å². The van der Waals surface area contributed by atoms with Gasteiger partial charge in [-0.25, -0.2) is 4.98 Å². The van der Waals surface area contributed by atoms with Crippen LogP contribution in [0.4, 0.5) is 5.82 Å². The van der Waals surface area contributed by atoms with Crippen molar-refractivity contribution in [1.29, 1.82) is 0 Å². The summed E-state index contributed by atoms with van der Waals surface area (Å²) in [5.74, 6) is 0.597. The number of pyridine rings is 1. The van der Waals surface area contributed by atoms with Crippen molar-refractivity contribution in [3.05, 3.63) is 29.5 Å². The third kappa shape index (κ3) is 1.44. The molecule has 5 heteroatoms. The van der Waals surface area contributed by atoms with Crippen LogP contribution in [0.1, 0.15) is 0 Å². The lowest BCUT2D eigenvalue weighted by Crippen LogP contribution is -1.96. The van der Waals surface area contributed by atoms with Gasteiger partial charge in [-0.15, -0.1) is 0 Å². The number of nitrogens with two attached hydrogens (primary N) is 1. The van der Waals surface area contributed by atoms with Crippen molar-refractivity contribution in [2.45, 2.75) is 0 Å². The highest BCUT2D eigenvalue weighted by molar-refractivity contribution is 6.32. The zero-order valence-electron chi connectivity index (χ0n) is 7.61. The Morgan fingerprint density at radius 1 is 1.50 bits per heavy atom. The molecule has 0 saturated carbocycles. The van der Waals surface area contributed by atoms with Gasteiger partial charge in [-0.05, 0) is 12.1 Å². The smallest absolute Gasteiger partial charge is 0.138 e. The largest absolute Gasteiger partial charge is 0.384 e. The first-order valence-corrected chi connectivity index (χ1v) is 4.46. The maximum atomic E-state index is 5.92. The summed E-state index contributed by atoms with van der Waals surface area (Å²) < 4.78 is 1.60. The van der Waals surface area contributed by atoms with Gasteiger partial charge >= 0.3 is 0 Å². The molecule has 0 aromatic carbocycles. The number of hydrogen-bond acceptors (Lipinski definition) is 3. The van der Waals surface area contributed by atoms with Crippen molar-refractivity contribution in [1.82, 2.24) is 14.8 Å². The lowest BCUT2D eigenvalue weighted by Gasteiger charge is -1.97. The van der Waals surface area contributed by atoms with E-state index in [-0.39, 0.29) is 0 Å². The number of rotatable bonds is 1. The Kier molecular flexibility index (Phi) is 2.13. The first-order valence-electron chi connectivity index (χ1n) is 4.09. The van der Waals surface area contributed by atoms with Gasteiger partial charge in [0, 0.05) is 24.9 Å². The van der Waals surface area contributed by atoms with E-state index < -0.39 is 0 Å². The number of aromatic nitrogens is 3. The SMILES string of the molecule is Cn1nc(-c2cccnc2Cl)cc1N. The van der Waals surface area contributed by atoms with E-state index in [1.807, 2.05) is 12.1 Å². The standard InChI is InChI=1S/C9H9ClN4/c1-14-8(11)5-7(13-14)6-3-2-4-12-9(6)10/h2-5H,11H2,1H3. The first-order chi connectivity index (χ1) is 6.68. The molecule has 0 spiro atoms. The van der Waals surface area contributed by atoms with Gasteiger partial charge in [-0.2, -0.15) is 5.10 Å². The quantitative estimate of drug-likeness (QED) is 0.726. The van der Waals surface area contributed by atoms with Crippen LogP contribution < -0.4 is 5.73 Å². The molecule has 0 bridgehead atoms. The minimum Gasteiger partial charge on any atom is -0.384 e. The van der Waals surface area contributed by atoms with Gasteiger partial charge in [0.15, 0.2) is 0 Å². The van der Waals surface area contributed by atoms with E-state index in [0.717, 1.165) is 11.3 Å². The average molecular weight is 209 g/mol. The van der Waals surface area contributed by atoms with Gasteiger partial charge < -0.3 is 5.73 Å². The van der Waals surface area contributed by atoms with Crippen LogP contribution in [0.15, 0.2) is 24.4 Å². The molecule has 0 aliphatic heterocycles. The van der Waals surface area contributed by atoms with Crippen LogP contribution in [0.2, 0.25) is 5.15 Å². The Morgan fingerprint density at radius 3 is 2.86 bits per heavy atom. The highest BCUT2D eigenvalue weighted by Crippen LogP contribution is 2.25. The molecule has 0 aliphatic carbocycles. The van der Waals surface area contributed by atoms with E-state index in [4.69, 9.17) is 17.3 Å². The molecular formula is C9H9ClN4. The first kappa shape index (κ1) is 9.02. The third-order valence-corrected chi connectivity index (χ3v) is 2.25. The summed E-state index contributed by atoms with van der Waals surface area (Å²) in [6.45, 7) is 0. The summed E-state index contributed by atoms with van der Waals surface area (Å²) in [6, 6.07) is 5.44. The van der Waals surface area contributed by atoms with Crippen LogP contribution in [0.3, 0.4) is 0 Å². The molecule has 0 amide bonds. The lowest BCUT2D eigenvalue weighted by molar-refractivity contribution is 0.782. The van der Waals surface area contributed by atoms with Gasteiger partial charge in [0.05, 0.1) is 5.69 Å². The summed E-state index contributed by atoms with van der Waals surface area (Å²) >= 11 is 5.92. The number of hydrogen-bond donors (Lipinski definition) is 1. The van der Waals surface area contributed by atoms with Gasteiger partial charge in [0.1, 0.15) is 11.0 Å². The van der Waals surface area contributed by atoms with Gasteiger partial charge in [-0.3, -0.25) is 4.68 Å². The second kappa shape index (κ2) is 3.31. The Bertz CT molecular complexity index is 444. The van der Waals surface area contributed by atoms with Crippen LogP contribution in [0.25, 0.3) is 11.3 Å². The molecule has 2 rings (SSSR count). The van der Waals surface area contributed by atoms with Crippen molar-refractivity contribution in [3.63, 3.8) is 0 Å². The molecule has 0 saturated heterocycles. The van der Waals surface area contributed by atoms with Crippen molar-refractivity contribution in [2.75, 3.05) is 5.73 Å². The number of anilines is 1. The molecule has 0 atom stereocenters. The van der Waals surface area contributed by atoms with Crippen molar-refractivity contribution in [3.8, 4) is 11.3 Å². The van der Waals surface area contributed by atoms with Crippen molar-refractivity contribution >= 4 is 17.4 Å². The highest BCUT2D eigenvalue weighted by Gasteiger charge is 2.08. The molecule has 14 heavy (non-hydrogen) atoms.